The predicted molar refractivity (Wildman–Crippen MR) is 74.9 cm³/mol. The van der Waals surface area contributed by atoms with E-state index >= 15 is 0 Å². The molecule has 1 heterocycles. The van der Waals surface area contributed by atoms with Crippen molar-refractivity contribution in [1.29, 1.82) is 0 Å². The molecule has 1 aromatic heterocycles. The highest BCUT2D eigenvalue weighted by Gasteiger charge is 2.06. The Kier molecular flexibility index (Phi) is 4.93. The van der Waals surface area contributed by atoms with E-state index in [1.807, 2.05) is 32.2 Å². The van der Waals surface area contributed by atoms with Crippen molar-refractivity contribution in [2.45, 2.75) is 26.5 Å². The monoisotopic (exact) mass is 325 g/mol. The summed E-state index contributed by atoms with van der Waals surface area (Å²) in [5.41, 5.74) is 1.14. The maximum atomic E-state index is 5.65. The highest BCUT2D eigenvalue weighted by Crippen LogP contribution is 2.23. The van der Waals surface area contributed by atoms with Crippen LogP contribution in [0.15, 0.2) is 27.2 Å². The lowest BCUT2D eigenvalue weighted by molar-refractivity contribution is 0.242. The quantitative estimate of drug-likeness (QED) is 0.884. The molecule has 2 rings (SSSR count). The Labute approximate surface area is 120 Å². The van der Waals surface area contributed by atoms with Crippen LogP contribution in [0.1, 0.15) is 24.2 Å². The third-order valence-corrected chi connectivity index (χ3v) is 3.35. The molecule has 1 N–H and O–H groups in total. The first-order valence-corrected chi connectivity index (χ1v) is 6.89. The van der Waals surface area contributed by atoms with Crippen molar-refractivity contribution in [1.82, 2.24) is 15.5 Å². The SMILES string of the molecule is CCc1noc(COc2ccc(Br)c(CNC)c2)n1. The van der Waals surface area contributed by atoms with Gasteiger partial charge in [0.05, 0.1) is 0 Å². The number of nitrogens with zero attached hydrogens (tertiary/aromatic N) is 2. The van der Waals surface area contributed by atoms with Gasteiger partial charge >= 0.3 is 0 Å². The zero-order valence-electron chi connectivity index (χ0n) is 10.9. The number of nitrogens with one attached hydrogen (secondary N) is 1. The number of halogens is 1. The molecule has 1 aromatic carbocycles. The summed E-state index contributed by atoms with van der Waals surface area (Å²) in [6.07, 6.45) is 0.758. The average molecular weight is 326 g/mol. The fraction of sp³-hybridized carbons (Fsp3) is 0.385. The number of aryl methyl sites for hydroxylation is 1. The Hall–Kier alpha value is -1.40. The van der Waals surface area contributed by atoms with Crippen LogP contribution in [0, 0.1) is 0 Å². The molecular weight excluding hydrogens is 310 g/mol. The van der Waals surface area contributed by atoms with Gasteiger partial charge in [0.1, 0.15) is 5.75 Å². The molecule has 19 heavy (non-hydrogen) atoms. The Balaban J connectivity index is 2.00. The van der Waals surface area contributed by atoms with E-state index in [1.165, 1.54) is 0 Å². The van der Waals surface area contributed by atoms with Crippen LogP contribution in [0.5, 0.6) is 5.75 Å². The van der Waals surface area contributed by atoms with E-state index in [4.69, 9.17) is 9.26 Å². The average Bonchev–Trinajstić information content (AvgIpc) is 2.88. The van der Waals surface area contributed by atoms with Gasteiger partial charge in [-0.3, -0.25) is 0 Å². The van der Waals surface area contributed by atoms with Gasteiger partial charge in [0.15, 0.2) is 12.4 Å². The fourth-order valence-corrected chi connectivity index (χ4v) is 1.99. The van der Waals surface area contributed by atoms with E-state index in [2.05, 4.69) is 31.4 Å². The summed E-state index contributed by atoms with van der Waals surface area (Å²) in [7, 11) is 1.91. The minimum atomic E-state index is 0.285. The highest BCUT2D eigenvalue weighted by molar-refractivity contribution is 9.10. The van der Waals surface area contributed by atoms with Crippen LogP contribution in [-0.2, 0) is 19.6 Å². The zero-order chi connectivity index (χ0) is 13.7. The van der Waals surface area contributed by atoms with Crippen LogP contribution in [0.4, 0.5) is 0 Å². The molecule has 102 valence electrons. The molecule has 0 atom stereocenters. The number of ether oxygens (including phenoxy) is 1. The van der Waals surface area contributed by atoms with Crippen molar-refractivity contribution < 1.29 is 9.26 Å². The lowest BCUT2D eigenvalue weighted by atomic mass is 10.2. The van der Waals surface area contributed by atoms with Gasteiger partial charge in [0.2, 0.25) is 0 Å². The standard InChI is InChI=1S/C13H16BrN3O2/c1-3-12-16-13(19-17-12)8-18-10-4-5-11(14)9(6-10)7-15-2/h4-6,15H,3,7-8H2,1-2H3. The molecule has 0 saturated carbocycles. The molecule has 0 radical (unpaired) electrons. The van der Waals surface area contributed by atoms with Crippen molar-refractivity contribution >= 4 is 15.9 Å². The summed E-state index contributed by atoms with van der Waals surface area (Å²) in [6, 6.07) is 5.85. The highest BCUT2D eigenvalue weighted by atomic mass is 79.9. The predicted octanol–water partition coefficient (Wildman–Crippen LogP) is 2.69. The lowest BCUT2D eigenvalue weighted by Crippen LogP contribution is -2.06. The molecule has 0 amide bonds. The van der Waals surface area contributed by atoms with Gasteiger partial charge in [-0.25, -0.2) is 0 Å². The van der Waals surface area contributed by atoms with Crippen molar-refractivity contribution in [2.75, 3.05) is 7.05 Å². The molecule has 0 aliphatic heterocycles. The number of hydrogen-bond acceptors (Lipinski definition) is 5. The lowest BCUT2D eigenvalue weighted by Gasteiger charge is -2.08. The van der Waals surface area contributed by atoms with Gasteiger partial charge in [-0.15, -0.1) is 0 Å². The second kappa shape index (κ2) is 6.68. The molecule has 0 fully saturated rings. The van der Waals surface area contributed by atoms with Gasteiger partial charge < -0.3 is 14.6 Å². The zero-order valence-corrected chi connectivity index (χ0v) is 12.5. The molecule has 0 bridgehead atoms. The van der Waals surface area contributed by atoms with Crippen molar-refractivity contribution in [3.8, 4) is 5.75 Å². The largest absolute Gasteiger partial charge is 0.484 e. The smallest absolute Gasteiger partial charge is 0.264 e. The van der Waals surface area contributed by atoms with Crippen LogP contribution >= 0.6 is 15.9 Å². The third kappa shape index (κ3) is 3.78. The molecule has 2 aromatic rings. The Bertz CT molecular complexity index is 542. The summed E-state index contributed by atoms with van der Waals surface area (Å²) in [5.74, 6) is 1.98. The van der Waals surface area contributed by atoms with E-state index < -0.39 is 0 Å². The van der Waals surface area contributed by atoms with E-state index in [0.29, 0.717) is 11.7 Å². The first-order valence-electron chi connectivity index (χ1n) is 6.10. The minimum absolute atomic E-state index is 0.285. The Morgan fingerprint density at radius 3 is 2.95 bits per heavy atom. The summed E-state index contributed by atoms with van der Waals surface area (Å²) in [4.78, 5) is 4.20. The fourth-order valence-electron chi connectivity index (χ4n) is 1.60. The molecular formula is C13H16BrN3O2. The number of hydrogen-bond donors (Lipinski definition) is 1. The third-order valence-electron chi connectivity index (χ3n) is 2.57. The van der Waals surface area contributed by atoms with Crippen molar-refractivity contribution in [3.05, 3.63) is 40.0 Å². The molecule has 0 unspecified atom stereocenters. The summed E-state index contributed by atoms with van der Waals surface area (Å²) >= 11 is 3.50. The van der Waals surface area contributed by atoms with Gasteiger partial charge in [0, 0.05) is 17.4 Å². The maximum absolute atomic E-state index is 5.65. The normalized spacial score (nSPS) is 10.7. The van der Waals surface area contributed by atoms with Crippen LogP contribution in [-0.4, -0.2) is 17.2 Å². The molecule has 0 aliphatic carbocycles. The summed E-state index contributed by atoms with van der Waals surface area (Å²) in [6.45, 7) is 3.04. The topological polar surface area (TPSA) is 60.2 Å². The van der Waals surface area contributed by atoms with Gasteiger partial charge in [-0.1, -0.05) is 28.0 Å². The molecule has 0 spiro atoms. The molecule has 0 aliphatic rings. The van der Waals surface area contributed by atoms with E-state index in [9.17, 15) is 0 Å². The number of rotatable bonds is 6. The minimum Gasteiger partial charge on any atom is -0.484 e. The van der Waals surface area contributed by atoms with Crippen LogP contribution in [0.25, 0.3) is 0 Å². The molecule has 5 nitrogen and oxygen atoms in total. The second-order valence-electron chi connectivity index (χ2n) is 4.03. The molecule has 0 saturated heterocycles. The van der Waals surface area contributed by atoms with Gasteiger partial charge in [0.25, 0.3) is 5.89 Å². The molecule has 6 heteroatoms. The number of aromatic nitrogens is 2. The van der Waals surface area contributed by atoms with Crippen molar-refractivity contribution in [2.24, 2.45) is 0 Å². The second-order valence-corrected chi connectivity index (χ2v) is 4.88. The maximum Gasteiger partial charge on any atom is 0.264 e. The first-order chi connectivity index (χ1) is 9.22. The van der Waals surface area contributed by atoms with Gasteiger partial charge in [-0.2, -0.15) is 4.98 Å². The summed E-state index contributed by atoms with van der Waals surface area (Å²) in [5, 5.41) is 6.93. The van der Waals surface area contributed by atoms with Gasteiger partial charge in [-0.05, 0) is 30.8 Å². The summed E-state index contributed by atoms with van der Waals surface area (Å²) < 4.78 is 11.8. The first kappa shape index (κ1) is 14.0. The van der Waals surface area contributed by atoms with Crippen LogP contribution in [0.2, 0.25) is 0 Å². The van der Waals surface area contributed by atoms with Crippen LogP contribution in [0.3, 0.4) is 0 Å². The van der Waals surface area contributed by atoms with E-state index in [-0.39, 0.29) is 6.61 Å². The van der Waals surface area contributed by atoms with E-state index in [0.717, 1.165) is 28.8 Å². The van der Waals surface area contributed by atoms with Crippen molar-refractivity contribution in [3.63, 3.8) is 0 Å². The Morgan fingerprint density at radius 1 is 1.42 bits per heavy atom. The Morgan fingerprint density at radius 2 is 2.26 bits per heavy atom. The number of benzene rings is 1. The van der Waals surface area contributed by atoms with E-state index in [1.54, 1.807) is 0 Å². The van der Waals surface area contributed by atoms with Crippen LogP contribution < -0.4 is 10.1 Å².